The molecule has 2 aromatic carbocycles. The van der Waals surface area contributed by atoms with Crippen molar-refractivity contribution >= 4 is 56.0 Å². The SMILES string of the molecule is COc1cc(SC)ccc1C(=O)Nc1nc2ccc(Cl)cc2s1. The molecule has 0 aliphatic heterocycles. The molecule has 7 heteroatoms. The number of carbonyl (C=O) groups is 1. The molecule has 0 bridgehead atoms. The molecule has 118 valence electrons. The third-order valence-corrected chi connectivity index (χ3v) is 5.12. The van der Waals surface area contributed by atoms with E-state index in [1.165, 1.54) is 11.3 Å². The minimum atomic E-state index is -0.250. The summed E-state index contributed by atoms with van der Waals surface area (Å²) in [7, 11) is 1.55. The van der Waals surface area contributed by atoms with Crippen molar-refractivity contribution < 1.29 is 9.53 Å². The van der Waals surface area contributed by atoms with Gasteiger partial charge in [-0.1, -0.05) is 22.9 Å². The predicted molar refractivity (Wildman–Crippen MR) is 97.4 cm³/mol. The predicted octanol–water partition coefficient (Wildman–Crippen LogP) is 4.93. The lowest BCUT2D eigenvalue weighted by atomic mass is 10.2. The highest BCUT2D eigenvalue weighted by Crippen LogP contribution is 2.30. The van der Waals surface area contributed by atoms with Crippen LogP contribution in [-0.4, -0.2) is 24.3 Å². The second kappa shape index (κ2) is 6.78. The number of fused-ring (bicyclic) bond motifs is 1. The molecule has 0 saturated carbocycles. The van der Waals surface area contributed by atoms with Crippen LogP contribution >= 0.6 is 34.7 Å². The lowest BCUT2D eigenvalue weighted by Gasteiger charge is -2.09. The van der Waals surface area contributed by atoms with Gasteiger partial charge in [0, 0.05) is 9.92 Å². The van der Waals surface area contributed by atoms with Gasteiger partial charge in [0.2, 0.25) is 0 Å². The highest BCUT2D eigenvalue weighted by Gasteiger charge is 2.15. The van der Waals surface area contributed by atoms with E-state index in [0.717, 1.165) is 15.1 Å². The van der Waals surface area contributed by atoms with E-state index >= 15 is 0 Å². The summed E-state index contributed by atoms with van der Waals surface area (Å²) in [5.74, 6) is 0.290. The first-order chi connectivity index (χ1) is 11.1. The second-order valence-electron chi connectivity index (χ2n) is 4.65. The summed E-state index contributed by atoms with van der Waals surface area (Å²) in [5, 5.41) is 4.00. The van der Waals surface area contributed by atoms with E-state index in [4.69, 9.17) is 16.3 Å². The lowest BCUT2D eigenvalue weighted by Crippen LogP contribution is -2.13. The topological polar surface area (TPSA) is 51.2 Å². The Labute approximate surface area is 146 Å². The molecule has 0 atom stereocenters. The number of carbonyl (C=O) groups excluding carboxylic acids is 1. The number of ether oxygens (including phenoxy) is 1. The summed E-state index contributed by atoms with van der Waals surface area (Å²) in [4.78, 5) is 17.9. The molecule has 3 aromatic rings. The molecule has 4 nitrogen and oxygen atoms in total. The van der Waals surface area contributed by atoms with Crippen LogP contribution in [0.15, 0.2) is 41.3 Å². The number of benzene rings is 2. The van der Waals surface area contributed by atoms with Gasteiger partial charge < -0.3 is 4.74 Å². The van der Waals surface area contributed by atoms with Gasteiger partial charge in [0.05, 0.1) is 22.9 Å². The third-order valence-electron chi connectivity index (χ3n) is 3.22. The van der Waals surface area contributed by atoms with Gasteiger partial charge in [-0.3, -0.25) is 10.1 Å². The number of anilines is 1. The van der Waals surface area contributed by atoms with Crippen LogP contribution in [0.2, 0.25) is 5.02 Å². The van der Waals surface area contributed by atoms with Crippen molar-refractivity contribution in [2.45, 2.75) is 4.90 Å². The number of rotatable bonds is 4. The van der Waals surface area contributed by atoms with Crippen LogP contribution in [0.1, 0.15) is 10.4 Å². The molecule has 0 spiro atoms. The summed E-state index contributed by atoms with van der Waals surface area (Å²) in [6, 6.07) is 10.9. The zero-order chi connectivity index (χ0) is 16.4. The van der Waals surface area contributed by atoms with Gasteiger partial charge >= 0.3 is 0 Å². The first-order valence-corrected chi connectivity index (χ1v) is 9.12. The van der Waals surface area contributed by atoms with E-state index in [2.05, 4.69) is 10.3 Å². The Balaban J connectivity index is 1.88. The highest BCUT2D eigenvalue weighted by atomic mass is 35.5. The Morgan fingerprint density at radius 1 is 1.30 bits per heavy atom. The number of methoxy groups -OCH3 is 1. The van der Waals surface area contributed by atoms with Crippen LogP contribution in [0.4, 0.5) is 5.13 Å². The maximum absolute atomic E-state index is 12.5. The molecule has 0 fully saturated rings. The van der Waals surface area contributed by atoms with E-state index in [0.29, 0.717) is 21.5 Å². The Bertz CT molecular complexity index is 880. The van der Waals surface area contributed by atoms with E-state index in [9.17, 15) is 4.79 Å². The fourth-order valence-electron chi connectivity index (χ4n) is 2.10. The molecule has 1 amide bonds. The van der Waals surface area contributed by atoms with Crippen molar-refractivity contribution in [3.63, 3.8) is 0 Å². The van der Waals surface area contributed by atoms with Gasteiger partial charge in [-0.15, -0.1) is 11.8 Å². The molecule has 0 aliphatic rings. The van der Waals surface area contributed by atoms with Crippen molar-refractivity contribution in [1.82, 2.24) is 4.98 Å². The second-order valence-corrected chi connectivity index (χ2v) is 7.00. The normalized spacial score (nSPS) is 10.7. The van der Waals surface area contributed by atoms with E-state index in [1.807, 2.05) is 30.5 Å². The van der Waals surface area contributed by atoms with Crippen LogP contribution in [0.3, 0.4) is 0 Å². The summed E-state index contributed by atoms with van der Waals surface area (Å²) in [6.45, 7) is 0. The van der Waals surface area contributed by atoms with Crippen molar-refractivity contribution in [2.24, 2.45) is 0 Å². The Hall–Kier alpha value is -1.76. The van der Waals surface area contributed by atoms with Gasteiger partial charge in [0.1, 0.15) is 5.75 Å². The van der Waals surface area contributed by atoms with Crippen molar-refractivity contribution in [3.05, 3.63) is 47.0 Å². The monoisotopic (exact) mass is 364 g/mol. The van der Waals surface area contributed by atoms with E-state index < -0.39 is 0 Å². The third kappa shape index (κ3) is 3.44. The number of halogens is 1. The number of thiazole rings is 1. The Morgan fingerprint density at radius 2 is 2.13 bits per heavy atom. The molecular formula is C16H13ClN2O2S2. The Kier molecular flexibility index (Phi) is 4.75. The number of nitrogens with zero attached hydrogens (tertiary/aromatic N) is 1. The molecule has 1 N–H and O–H groups in total. The van der Waals surface area contributed by atoms with Crippen LogP contribution in [0.25, 0.3) is 10.2 Å². The van der Waals surface area contributed by atoms with Gasteiger partial charge in [0.25, 0.3) is 5.91 Å². The van der Waals surface area contributed by atoms with Gasteiger partial charge in [-0.05, 0) is 42.7 Å². The number of aromatic nitrogens is 1. The number of nitrogens with one attached hydrogen (secondary N) is 1. The average molecular weight is 365 g/mol. The highest BCUT2D eigenvalue weighted by molar-refractivity contribution is 7.98. The molecule has 0 radical (unpaired) electrons. The largest absolute Gasteiger partial charge is 0.496 e. The first-order valence-electron chi connectivity index (χ1n) is 6.70. The fourth-order valence-corrected chi connectivity index (χ4v) is 3.67. The molecule has 1 heterocycles. The van der Waals surface area contributed by atoms with Gasteiger partial charge in [0.15, 0.2) is 5.13 Å². The number of amides is 1. The molecule has 0 saturated heterocycles. The lowest BCUT2D eigenvalue weighted by molar-refractivity contribution is 0.102. The van der Waals surface area contributed by atoms with Crippen LogP contribution in [-0.2, 0) is 0 Å². The van der Waals surface area contributed by atoms with Gasteiger partial charge in [-0.2, -0.15) is 0 Å². The van der Waals surface area contributed by atoms with Gasteiger partial charge in [-0.25, -0.2) is 4.98 Å². The zero-order valence-corrected chi connectivity index (χ0v) is 14.8. The van der Waals surface area contributed by atoms with Crippen LogP contribution < -0.4 is 10.1 Å². The van der Waals surface area contributed by atoms with Crippen LogP contribution in [0.5, 0.6) is 5.75 Å². The molecule has 1 aromatic heterocycles. The molecule has 0 unspecified atom stereocenters. The quantitative estimate of drug-likeness (QED) is 0.667. The van der Waals surface area contributed by atoms with E-state index in [1.54, 1.807) is 31.0 Å². The van der Waals surface area contributed by atoms with Crippen molar-refractivity contribution in [1.29, 1.82) is 0 Å². The van der Waals surface area contributed by atoms with Crippen LogP contribution in [0, 0.1) is 0 Å². The molecule has 23 heavy (non-hydrogen) atoms. The fraction of sp³-hybridized carbons (Fsp3) is 0.125. The Morgan fingerprint density at radius 3 is 2.87 bits per heavy atom. The number of hydrogen-bond acceptors (Lipinski definition) is 5. The molecule has 3 rings (SSSR count). The van der Waals surface area contributed by atoms with Crippen molar-refractivity contribution in [2.75, 3.05) is 18.7 Å². The maximum Gasteiger partial charge on any atom is 0.261 e. The molecular weight excluding hydrogens is 352 g/mol. The standard InChI is InChI=1S/C16H13ClN2O2S2/c1-21-13-8-10(22-2)4-5-11(13)15(20)19-16-18-12-6-3-9(17)7-14(12)23-16/h3-8H,1-2H3,(H,18,19,20). The molecule has 0 aliphatic carbocycles. The zero-order valence-electron chi connectivity index (χ0n) is 12.4. The minimum Gasteiger partial charge on any atom is -0.496 e. The number of thioether (sulfide) groups is 1. The average Bonchev–Trinajstić information content (AvgIpc) is 2.95. The number of hydrogen-bond donors (Lipinski definition) is 1. The summed E-state index contributed by atoms with van der Waals surface area (Å²) < 4.78 is 6.24. The smallest absolute Gasteiger partial charge is 0.261 e. The summed E-state index contributed by atoms with van der Waals surface area (Å²) in [6.07, 6.45) is 1.97. The van der Waals surface area contributed by atoms with Crippen molar-refractivity contribution in [3.8, 4) is 5.75 Å². The van der Waals surface area contributed by atoms with E-state index in [-0.39, 0.29) is 5.91 Å². The maximum atomic E-state index is 12.5. The minimum absolute atomic E-state index is 0.250. The first kappa shape index (κ1) is 16.1. The summed E-state index contributed by atoms with van der Waals surface area (Å²) in [5.41, 5.74) is 1.28. The summed E-state index contributed by atoms with van der Waals surface area (Å²) >= 11 is 8.95.